The number of carbonyl (C=O) groups is 1. The van der Waals surface area contributed by atoms with Crippen LogP contribution in [0.1, 0.15) is 27.0 Å². The highest BCUT2D eigenvalue weighted by atomic mass is 16.5. The summed E-state index contributed by atoms with van der Waals surface area (Å²) in [5, 5.41) is 0. The summed E-state index contributed by atoms with van der Waals surface area (Å²) in [5.74, 6) is -0.315. The van der Waals surface area contributed by atoms with Crippen molar-refractivity contribution >= 4 is 5.97 Å². The minimum absolute atomic E-state index is 0.287. The van der Waals surface area contributed by atoms with E-state index in [9.17, 15) is 4.79 Å². The predicted octanol–water partition coefficient (Wildman–Crippen LogP) is 3.50. The smallest absolute Gasteiger partial charge is 0.338 e. The summed E-state index contributed by atoms with van der Waals surface area (Å²) in [4.78, 5) is 12.0. The third-order valence-electron chi connectivity index (χ3n) is 2.93. The molecule has 0 aliphatic heterocycles. The Morgan fingerprint density at radius 3 is 2.40 bits per heavy atom. The average molecular weight is 270 g/mol. The van der Waals surface area contributed by atoms with Crippen LogP contribution >= 0.6 is 0 Å². The molecule has 0 spiro atoms. The summed E-state index contributed by atoms with van der Waals surface area (Å²) in [6.07, 6.45) is 0. The van der Waals surface area contributed by atoms with Crippen LogP contribution in [0, 0.1) is 6.92 Å². The van der Waals surface area contributed by atoms with Gasteiger partial charge < -0.3 is 9.47 Å². The van der Waals surface area contributed by atoms with E-state index in [2.05, 4.69) is 0 Å². The molecule has 3 nitrogen and oxygen atoms in total. The van der Waals surface area contributed by atoms with Crippen molar-refractivity contribution < 1.29 is 14.3 Å². The first kappa shape index (κ1) is 14.3. The van der Waals surface area contributed by atoms with Gasteiger partial charge in [-0.3, -0.25) is 0 Å². The molecule has 0 saturated heterocycles. The molecule has 2 aromatic rings. The second-order valence-electron chi connectivity index (χ2n) is 4.70. The third-order valence-corrected chi connectivity index (χ3v) is 2.93. The number of carbonyl (C=O) groups excluding carboxylic acids is 1. The summed E-state index contributed by atoms with van der Waals surface area (Å²) in [5.41, 5.74) is 3.65. The zero-order valence-corrected chi connectivity index (χ0v) is 11.8. The summed E-state index contributed by atoms with van der Waals surface area (Å²) in [7, 11) is 1.63. The fraction of sp³-hybridized carbons (Fsp3) is 0.235. The molecule has 0 aliphatic carbocycles. The molecule has 0 saturated carbocycles. The van der Waals surface area contributed by atoms with Crippen LogP contribution < -0.4 is 0 Å². The van der Waals surface area contributed by atoms with E-state index < -0.39 is 0 Å². The molecule has 2 rings (SSSR count). The van der Waals surface area contributed by atoms with Gasteiger partial charge >= 0.3 is 5.97 Å². The van der Waals surface area contributed by atoms with E-state index in [0.717, 1.165) is 16.7 Å². The number of benzene rings is 2. The van der Waals surface area contributed by atoms with Gasteiger partial charge in [0.05, 0.1) is 12.2 Å². The summed E-state index contributed by atoms with van der Waals surface area (Å²) in [6.45, 7) is 2.79. The van der Waals surface area contributed by atoms with Crippen molar-refractivity contribution in [3.63, 3.8) is 0 Å². The molecule has 0 aliphatic rings. The normalized spacial score (nSPS) is 10.3. The molecule has 0 amide bonds. The van der Waals surface area contributed by atoms with E-state index in [1.54, 1.807) is 19.2 Å². The molecule has 2 aromatic carbocycles. The molecule has 0 aromatic heterocycles. The highest BCUT2D eigenvalue weighted by Crippen LogP contribution is 2.10. The Kier molecular flexibility index (Phi) is 4.91. The number of aryl methyl sites for hydroxylation is 1. The van der Waals surface area contributed by atoms with Crippen LogP contribution in [0.15, 0.2) is 48.5 Å². The van der Waals surface area contributed by atoms with Crippen LogP contribution in [0.2, 0.25) is 0 Å². The molecule has 0 atom stereocenters. The van der Waals surface area contributed by atoms with E-state index in [4.69, 9.17) is 9.47 Å². The highest BCUT2D eigenvalue weighted by Gasteiger charge is 2.08. The van der Waals surface area contributed by atoms with Gasteiger partial charge in [0.25, 0.3) is 0 Å². The van der Waals surface area contributed by atoms with Crippen molar-refractivity contribution in [1.82, 2.24) is 0 Å². The summed E-state index contributed by atoms with van der Waals surface area (Å²) in [6, 6.07) is 15.2. The first-order valence-corrected chi connectivity index (χ1v) is 6.49. The van der Waals surface area contributed by atoms with Crippen molar-refractivity contribution in [1.29, 1.82) is 0 Å². The fourth-order valence-corrected chi connectivity index (χ4v) is 1.99. The first-order chi connectivity index (χ1) is 9.69. The molecule has 0 heterocycles. The molecule has 104 valence electrons. The molecule has 20 heavy (non-hydrogen) atoms. The second-order valence-corrected chi connectivity index (χ2v) is 4.70. The lowest BCUT2D eigenvalue weighted by atomic mass is 10.1. The Bertz CT molecular complexity index is 590. The SMILES string of the molecule is COCc1cccc(C(=O)OCc2cccc(C)c2)c1. The molecular formula is C17H18O3. The lowest BCUT2D eigenvalue weighted by Gasteiger charge is -2.07. The Hall–Kier alpha value is -2.13. The van der Waals surface area contributed by atoms with E-state index in [-0.39, 0.29) is 12.6 Å². The first-order valence-electron chi connectivity index (χ1n) is 6.49. The predicted molar refractivity (Wildman–Crippen MR) is 77.5 cm³/mol. The van der Waals surface area contributed by atoms with E-state index in [1.807, 2.05) is 43.3 Å². The van der Waals surface area contributed by atoms with Crippen molar-refractivity contribution in [2.24, 2.45) is 0 Å². The van der Waals surface area contributed by atoms with Gasteiger partial charge in [0.1, 0.15) is 6.61 Å². The summed E-state index contributed by atoms with van der Waals surface area (Å²) < 4.78 is 10.4. The molecule has 0 N–H and O–H groups in total. The zero-order chi connectivity index (χ0) is 14.4. The Labute approximate surface area is 119 Å². The van der Waals surface area contributed by atoms with E-state index >= 15 is 0 Å². The molecular weight excluding hydrogens is 252 g/mol. The number of hydrogen-bond acceptors (Lipinski definition) is 3. The Morgan fingerprint density at radius 1 is 1.00 bits per heavy atom. The van der Waals surface area contributed by atoms with Crippen LogP contribution in [0.5, 0.6) is 0 Å². The van der Waals surface area contributed by atoms with Gasteiger partial charge in [-0.05, 0) is 30.2 Å². The van der Waals surface area contributed by atoms with Crippen LogP contribution in [-0.4, -0.2) is 13.1 Å². The number of esters is 1. The highest BCUT2D eigenvalue weighted by molar-refractivity contribution is 5.89. The number of ether oxygens (including phenoxy) is 2. The molecule has 3 heteroatoms. The second kappa shape index (κ2) is 6.87. The summed E-state index contributed by atoms with van der Waals surface area (Å²) >= 11 is 0. The van der Waals surface area contributed by atoms with Gasteiger partial charge in [0.2, 0.25) is 0 Å². The maximum atomic E-state index is 12.0. The van der Waals surface area contributed by atoms with E-state index in [0.29, 0.717) is 12.2 Å². The van der Waals surface area contributed by atoms with Crippen LogP contribution in [0.4, 0.5) is 0 Å². The van der Waals surface area contributed by atoms with Gasteiger partial charge in [-0.15, -0.1) is 0 Å². The zero-order valence-electron chi connectivity index (χ0n) is 11.8. The molecule has 0 bridgehead atoms. The van der Waals surface area contributed by atoms with Gasteiger partial charge in [0, 0.05) is 7.11 Å². The van der Waals surface area contributed by atoms with Crippen LogP contribution in [0.25, 0.3) is 0 Å². The van der Waals surface area contributed by atoms with Gasteiger partial charge in [-0.2, -0.15) is 0 Å². The lowest BCUT2D eigenvalue weighted by molar-refractivity contribution is 0.0472. The minimum Gasteiger partial charge on any atom is -0.457 e. The maximum Gasteiger partial charge on any atom is 0.338 e. The Morgan fingerprint density at radius 2 is 1.70 bits per heavy atom. The number of rotatable bonds is 5. The number of hydrogen-bond donors (Lipinski definition) is 0. The quantitative estimate of drug-likeness (QED) is 0.780. The standard InChI is InChI=1S/C17H18O3/c1-13-5-3-6-14(9-13)12-20-17(18)16-8-4-7-15(10-16)11-19-2/h3-10H,11-12H2,1-2H3. The lowest BCUT2D eigenvalue weighted by Crippen LogP contribution is -2.06. The van der Waals surface area contributed by atoms with Crippen molar-refractivity contribution in [2.45, 2.75) is 20.1 Å². The minimum atomic E-state index is -0.315. The average Bonchev–Trinajstić information content (AvgIpc) is 2.45. The maximum absolute atomic E-state index is 12.0. The topological polar surface area (TPSA) is 35.5 Å². The van der Waals surface area contributed by atoms with Crippen LogP contribution in [-0.2, 0) is 22.7 Å². The van der Waals surface area contributed by atoms with E-state index in [1.165, 1.54) is 0 Å². The van der Waals surface area contributed by atoms with Crippen molar-refractivity contribution in [2.75, 3.05) is 7.11 Å². The molecule has 0 unspecified atom stereocenters. The van der Waals surface area contributed by atoms with Gasteiger partial charge in [-0.25, -0.2) is 4.79 Å². The Balaban J connectivity index is 1.99. The fourth-order valence-electron chi connectivity index (χ4n) is 1.99. The number of methoxy groups -OCH3 is 1. The molecule has 0 radical (unpaired) electrons. The third kappa shape index (κ3) is 3.93. The largest absolute Gasteiger partial charge is 0.457 e. The van der Waals surface area contributed by atoms with Crippen LogP contribution in [0.3, 0.4) is 0 Å². The monoisotopic (exact) mass is 270 g/mol. The molecule has 0 fully saturated rings. The van der Waals surface area contributed by atoms with Gasteiger partial charge in [-0.1, -0.05) is 42.0 Å². The van der Waals surface area contributed by atoms with Gasteiger partial charge in [0.15, 0.2) is 0 Å². The van der Waals surface area contributed by atoms with Crippen molar-refractivity contribution in [3.05, 3.63) is 70.8 Å². The van der Waals surface area contributed by atoms with Crippen molar-refractivity contribution in [3.8, 4) is 0 Å².